The van der Waals surface area contributed by atoms with E-state index >= 15 is 0 Å². The predicted molar refractivity (Wildman–Crippen MR) is 62.4 cm³/mol. The molecular weight excluding hydrogens is 202 g/mol. The molecular formula is C12H21N3O. The molecule has 0 aliphatic heterocycles. The lowest BCUT2D eigenvalue weighted by Crippen LogP contribution is -2.16. The summed E-state index contributed by atoms with van der Waals surface area (Å²) in [6.45, 7) is 4.31. The number of hydrogen-bond acceptors (Lipinski definition) is 4. The largest absolute Gasteiger partial charge is 0.425 e. The summed E-state index contributed by atoms with van der Waals surface area (Å²) in [5.41, 5.74) is 0. The summed E-state index contributed by atoms with van der Waals surface area (Å²) < 4.78 is 5.64. The van der Waals surface area contributed by atoms with Crippen molar-refractivity contribution in [3.8, 4) is 0 Å². The van der Waals surface area contributed by atoms with Gasteiger partial charge in [-0.1, -0.05) is 13.3 Å². The Hall–Kier alpha value is -0.900. The molecule has 1 aliphatic carbocycles. The summed E-state index contributed by atoms with van der Waals surface area (Å²) in [6, 6.07) is 0. The Balaban J connectivity index is 1.66. The maximum absolute atomic E-state index is 5.64. The average molecular weight is 223 g/mol. The molecule has 0 bridgehead atoms. The summed E-state index contributed by atoms with van der Waals surface area (Å²) in [5.74, 6) is 2.22. The summed E-state index contributed by atoms with van der Waals surface area (Å²) in [6.07, 6.45) is 6.91. The van der Waals surface area contributed by atoms with Crippen LogP contribution in [0.5, 0.6) is 0 Å². The summed E-state index contributed by atoms with van der Waals surface area (Å²) in [4.78, 5) is 0. The minimum atomic E-state index is 0.555. The fourth-order valence-electron chi connectivity index (χ4n) is 1.85. The first-order chi connectivity index (χ1) is 7.90. The van der Waals surface area contributed by atoms with Crippen molar-refractivity contribution in [2.24, 2.45) is 0 Å². The van der Waals surface area contributed by atoms with Gasteiger partial charge in [-0.05, 0) is 38.8 Å². The van der Waals surface area contributed by atoms with Crippen molar-refractivity contribution in [1.82, 2.24) is 15.5 Å². The minimum absolute atomic E-state index is 0.555. The lowest BCUT2D eigenvalue weighted by Gasteiger charge is -2.20. The molecule has 0 amide bonds. The van der Waals surface area contributed by atoms with E-state index in [1.165, 1.54) is 25.7 Å². The predicted octanol–water partition coefficient (Wildman–Crippen LogP) is 2.27. The molecule has 1 heterocycles. The molecule has 2 rings (SSSR count). The zero-order valence-corrected chi connectivity index (χ0v) is 10.0. The van der Waals surface area contributed by atoms with Crippen LogP contribution in [0.25, 0.3) is 0 Å². The van der Waals surface area contributed by atoms with E-state index in [1.807, 2.05) is 0 Å². The summed E-state index contributed by atoms with van der Waals surface area (Å²) >= 11 is 0. The Morgan fingerprint density at radius 1 is 1.31 bits per heavy atom. The summed E-state index contributed by atoms with van der Waals surface area (Å²) in [7, 11) is 0. The molecule has 0 spiro atoms. The van der Waals surface area contributed by atoms with Gasteiger partial charge in [0, 0.05) is 12.3 Å². The Kier molecular flexibility index (Phi) is 4.34. The van der Waals surface area contributed by atoms with Crippen molar-refractivity contribution >= 4 is 0 Å². The molecule has 1 saturated carbocycles. The molecule has 0 saturated heterocycles. The van der Waals surface area contributed by atoms with E-state index in [-0.39, 0.29) is 0 Å². The first kappa shape index (κ1) is 11.6. The van der Waals surface area contributed by atoms with Gasteiger partial charge in [-0.3, -0.25) is 0 Å². The SMILES string of the molecule is CCCNCCCc1nnc(C2CCC2)o1. The summed E-state index contributed by atoms with van der Waals surface area (Å²) in [5, 5.41) is 11.6. The molecule has 1 aromatic rings. The van der Waals surface area contributed by atoms with Crippen molar-refractivity contribution < 1.29 is 4.42 Å². The zero-order valence-electron chi connectivity index (χ0n) is 10.0. The fraction of sp³-hybridized carbons (Fsp3) is 0.833. The Labute approximate surface area is 96.8 Å². The van der Waals surface area contributed by atoms with Crippen LogP contribution in [0.1, 0.15) is 56.7 Å². The van der Waals surface area contributed by atoms with Crippen molar-refractivity contribution in [3.63, 3.8) is 0 Å². The molecule has 0 aromatic carbocycles. The third-order valence-corrected chi connectivity index (χ3v) is 3.11. The lowest BCUT2D eigenvalue weighted by molar-refractivity contribution is 0.324. The molecule has 1 aliphatic rings. The number of nitrogens with one attached hydrogen (secondary N) is 1. The lowest BCUT2D eigenvalue weighted by atomic mass is 9.85. The molecule has 1 N–H and O–H groups in total. The molecule has 4 nitrogen and oxygen atoms in total. The van der Waals surface area contributed by atoms with Crippen LogP contribution in [0.15, 0.2) is 4.42 Å². The highest BCUT2D eigenvalue weighted by Gasteiger charge is 2.24. The number of hydrogen-bond donors (Lipinski definition) is 1. The third kappa shape index (κ3) is 3.04. The van der Waals surface area contributed by atoms with Crippen molar-refractivity contribution in [3.05, 3.63) is 11.8 Å². The Morgan fingerprint density at radius 3 is 2.88 bits per heavy atom. The van der Waals surface area contributed by atoms with Gasteiger partial charge in [-0.15, -0.1) is 10.2 Å². The fourth-order valence-corrected chi connectivity index (χ4v) is 1.85. The van der Waals surface area contributed by atoms with Gasteiger partial charge in [0.15, 0.2) is 0 Å². The van der Waals surface area contributed by atoms with E-state index in [1.54, 1.807) is 0 Å². The van der Waals surface area contributed by atoms with Gasteiger partial charge in [0.2, 0.25) is 11.8 Å². The topological polar surface area (TPSA) is 51.0 Å². The number of aryl methyl sites for hydroxylation is 1. The molecule has 0 atom stereocenters. The Bertz CT molecular complexity index is 307. The zero-order chi connectivity index (χ0) is 11.2. The van der Waals surface area contributed by atoms with Crippen LogP contribution in [-0.4, -0.2) is 23.3 Å². The van der Waals surface area contributed by atoms with Crippen LogP contribution >= 0.6 is 0 Å². The second-order valence-corrected chi connectivity index (χ2v) is 4.52. The van der Waals surface area contributed by atoms with Crippen LogP contribution in [0.4, 0.5) is 0 Å². The van der Waals surface area contributed by atoms with Gasteiger partial charge in [0.05, 0.1) is 0 Å². The van der Waals surface area contributed by atoms with Crippen LogP contribution in [0.3, 0.4) is 0 Å². The highest BCUT2D eigenvalue weighted by Crippen LogP contribution is 2.35. The quantitative estimate of drug-likeness (QED) is 0.720. The van der Waals surface area contributed by atoms with Crippen LogP contribution < -0.4 is 5.32 Å². The first-order valence-electron chi connectivity index (χ1n) is 6.43. The van der Waals surface area contributed by atoms with E-state index in [9.17, 15) is 0 Å². The van der Waals surface area contributed by atoms with E-state index < -0.39 is 0 Å². The second kappa shape index (κ2) is 5.99. The molecule has 16 heavy (non-hydrogen) atoms. The highest BCUT2D eigenvalue weighted by molar-refractivity contribution is 4.96. The number of aromatic nitrogens is 2. The molecule has 4 heteroatoms. The van der Waals surface area contributed by atoms with Gasteiger partial charge in [0.25, 0.3) is 0 Å². The molecule has 0 unspecified atom stereocenters. The van der Waals surface area contributed by atoms with Gasteiger partial charge in [0.1, 0.15) is 0 Å². The standard InChI is InChI=1S/C12H21N3O/c1-2-8-13-9-4-7-11-14-15-12(16-11)10-5-3-6-10/h10,13H,2-9H2,1H3. The third-order valence-electron chi connectivity index (χ3n) is 3.11. The smallest absolute Gasteiger partial charge is 0.219 e. The van der Waals surface area contributed by atoms with E-state index in [2.05, 4.69) is 22.4 Å². The molecule has 0 radical (unpaired) electrons. The van der Waals surface area contributed by atoms with Crippen LogP contribution in [0.2, 0.25) is 0 Å². The minimum Gasteiger partial charge on any atom is -0.425 e. The highest BCUT2D eigenvalue weighted by atomic mass is 16.4. The van der Waals surface area contributed by atoms with Gasteiger partial charge < -0.3 is 9.73 Å². The number of rotatable bonds is 7. The van der Waals surface area contributed by atoms with E-state index in [4.69, 9.17) is 4.42 Å². The average Bonchev–Trinajstić information content (AvgIpc) is 2.64. The van der Waals surface area contributed by atoms with Crippen molar-refractivity contribution in [1.29, 1.82) is 0 Å². The number of nitrogens with zero attached hydrogens (tertiary/aromatic N) is 2. The molecule has 1 aromatic heterocycles. The monoisotopic (exact) mass is 223 g/mol. The van der Waals surface area contributed by atoms with E-state index in [0.717, 1.165) is 37.7 Å². The Morgan fingerprint density at radius 2 is 2.19 bits per heavy atom. The van der Waals surface area contributed by atoms with E-state index in [0.29, 0.717) is 5.92 Å². The first-order valence-corrected chi connectivity index (χ1v) is 6.43. The van der Waals surface area contributed by atoms with Crippen LogP contribution in [0, 0.1) is 0 Å². The maximum Gasteiger partial charge on any atom is 0.219 e. The van der Waals surface area contributed by atoms with Crippen molar-refractivity contribution in [2.45, 2.75) is 51.4 Å². The molecule has 1 fully saturated rings. The van der Waals surface area contributed by atoms with Crippen molar-refractivity contribution in [2.75, 3.05) is 13.1 Å². The van der Waals surface area contributed by atoms with Gasteiger partial charge in [-0.25, -0.2) is 0 Å². The van der Waals surface area contributed by atoms with Gasteiger partial charge >= 0.3 is 0 Å². The normalized spacial score (nSPS) is 16.3. The molecule has 90 valence electrons. The van der Waals surface area contributed by atoms with Crippen LogP contribution in [-0.2, 0) is 6.42 Å². The van der Waals surface area contributed by atoms with Gasteiger partial charge in [-0.2, -0.15) is 0 Å². The maximum atomic E-state index is 5.64. The second-order valence-electron chi connectivity index (χ2n) is 4.52.